The SMILES string of the molecule is CCNC(=NCCOc1cccnc1)N1CCCC1.I. The average molecular weight is 390 g/mol. The molecule has 2 rings (SSSR count). The standard InChI is InChI=1S/C14H22N4O.HI/c1-2-16-14(18-9-3-4-10-18)17-8-11-19-13-6-5-7-15-12-13;/h5-7,12H,2-4,8-11H2,1H3,(H,16,17);1H. The minimum absolute atomic E-state index is 0. The first-order valence-corrected chi connectivity index (χ1v) is 6.96. The van der Waals surface area contributed by atoms with Crippen molar-refractivity contribution in [2.75, 3.05) is 32.8 Å². The molecule has 0 aliphatic carbocycles. The third-order valence-electron chi connectivity index (χ3n) is 3.00. The highest BCUT2D eigenvalue weighted by molar-refractivity contribution is 14.0. The van der Waals surface area contributed by atoms with E-state index in [-0.39, 0.29) is 24.0 Å². The first kappa shape index (κ1) is 17.0. The van der Waals surface area contributed by atoms with Crippen LogP contribution in [0, 0.1) is 0 Å². The summed E-state index contributed by atoms with van der Waals surface area (Å²) in [6, 6.07) is 3.77. The maximum absolute atomic E-state index is 5.58. The van der Waals surface area contributed by atoms with Crippen molar-refractivity contribution in [2.45, 2.75) is 19.8 Å². The molecule has 0 radical (unpaired) electrons. The maximum Gasteiger partial charge on any atom is 0.194 e. The highest BCUT2D eigenvalue weighted by Crippen LogP contribution is 2.08. The van der Waals surface area contributed by atoms with Crippen molar-refractivity contribution >= 4 is 29.9 Å². The number of hydrogen-bond acceptors (Lipinski definition) is 3. The number of aromatic nitrogens is 1. The van der Waals surface area contributed by atoms with Gasteiger partial charge in [-0.15, -0.1) is 24.0 Å². The Morgan fingerprint density at radius 2 is 2.25 bits per heavy atom. The van der Waals surface area contributed by atoms with E-state index in [1.54, 1.807) is 12.4 Å². The van der Waals surface area contributed by atoms with Gasteiger partial charge in [0.1, 0.15) is 12.4 Å². The van der Waals surface area contributed by atoms with Crippen LogP contribution >= 0.6 is 24.0 Å². The molecular weight excluding hydrogens is 367 g/mol. The van der Waals surface area contributed by atoms with E-state index in [4.69, 9.17) is 4.74 Å². The number of ether oxygens (including phenoxy) is 1. The van der Waals surface area contributed by atoms with Gasteiger partial charge in [-0.1, -0.05) is 0 Å². The van der Waals surface area contributed by atoms with E-state index in [1.807, 2.05) is 12.1 Å². The fourth-order valence-electron chi connectivity index (χ4n) is 2.10. The summed E-state index contributed by atoms with van der Waals surface area (Å²) >= 11 is 0. The summed E-state index contributed by atoms with van der Waals surface area (Å²) in [4.78, 5) is 10.9. The first-order valence-electron chi connectivity index (χ1n) is 6.96. The molecule has 1 saturated heterocycles. The lowest BCUT2D eigenvalue weighted by Crippen LogP contribution is -2.39. The van der Waals surface area contributed by atoms with E-state index in [0.29, 0.717) is 13.2 Å². The molecule has 0 amide bonds. The molecule has 0 atom stereocenters. The Morgan fingerprint density at radius 3 is 2.90 bits per heavy atom. The van der Waals surface area contributed by atoms with Crippen molar-refractivity contribution in [1.29, 1.82) is 0 Å². The van der Waals surface area contributed by atoms with Crippen LogP contribution in [0.1, 0.15) is 19.8 Å². The summed E-state index contributed by atoms with van der Waals surface area (Å²) < 4.78 is 5.58. The fourth-order valence-corrected chi connectivity index (χ4v) is 2.10. The number of likely N-dealkylation sites (tertiary alicyclic amines) is 1. The summed E-state index contributed by atoms with van der Waals surface area (Å²) in [5.74, 6) is 1.80. The molecule has 0 aromatic carbocycles. The quantitative estimate of drug-likeness (QED) is 0.362. The molecule has 1 aliphatic heterocycles. The molecule has 20 heavy (non-hydrogen) atoms. The van der Waals surface area contributed by atoms with Crippen LogP contribution < -0.4 is 10.1 Å². The second-order valence-electron chi connectivity index (χ2n) is 4.47. The van der Waals surface area contributed by atoms with E-state index in [9.17, 15) is 0 Å². The Morgan fingerprint density at radius 1 is 1.45 bits per heavy atom. The molecule has 0 unspecified atom stereocenters. The smallest absolute Gasteiger partial charge is 0.194 e. The second-order valence-corrected chi connectivity index (χ2v) is 4.47. The van der Waals surface area contributed by atoms with Crippen molar-refractivity contribution in [2.24, 2.45) is 4.99 Å². The average Bonchev–Trinajstić information content (AvgIpc) is 2.97. The highest BCUT2D eigenvalue weighted by atomic mass is 127. The lowest BCUT2D eigenvalue weighted by molar-refractivity contribution is 0.326. The van der Waals surface area contributed by atoms with Crippen LogP contribution in [0.5, 0.6) is 5.75 Å². The van der Waals surface area contributed by atoms with Crippen LogP contribution in [0.25, 0.3) is 0 Å². The normalized spacial score (nSPS) is 14.8. The number of hydrogen-bond donors (Lipinski definition) is 1. The Balaban J connectivity index is 0.00000200. The summed E-state index contributed by atoms with van der Waals surface area (Å²) in [5.41, 5.74) is 0. The molecule has 5 nitrogen and oxygen atoms in total. The van der Waals surface area contributed by atoms with Gasteiger partial charge >= 0.3 is 0 Å². The molecule has 0 spiro atoms. The zero-order valence-electron chi connectivity index (χ0n) is 11.9. The molecule has 1 N–H and O–H groups in total. The second kappa shape index (κ2) is 9.79. The Hall–Kier alpha value is -1.05. The minimum Gasteiger partial charge on any atom is -0.490 e. The molecule has 1 fully saturated rings. The molecule has 0 saturated carbocycles. The lowest BCUT2D eigenvalue weighted by atomic mass is 10.4. The number of aliphatic imine (C=N–C) groups is 1. The third kappa shape index (κ3) is 5.52. The van der Waals surface area contributed by atoms with Crippen molar-refractivity contribution in [3.8, 4) is 5.75 Å². The Bertz CT molecular complexity index is 393. The van der Waals surface area contributed by atoms with Crippen molar-refractivity contribution in [3.63, 3.8) is 0 Å². The van der Waals surface area contributed by atoms with Crippen molar-refractivity contribution in [3.05, 3.63) is 24.5 Å². The predicted octanol–water partition coefficient (Wildman–Crippen LogP) is 2.14. The van der Waals surface area contributed by atoms with Crippen LogP contribution in [0.3, 0.4) is 0 Å². The Labute approximate surface area is 137 Å². The molecule has 112 valence electrons. The van der Waals surface area contributed by atoms with E-state index >= 15 is 0 Å². The largest absolute Gasteiger partial charge is 0.490 e. The van der Waals surface area contributed by atoms with Gasteiger partial charge < -0.3 is 15.0 Å². The van der Waals surface area contributed by atoms with E-state index < -0.39 is 0 Å². The van der Waals surface area contributed by atoms with Gasteiger partial charge in [0.15, 0.2) is 5.96 Å². The zero-order valence-corrected chi connectivity index (χ0v) is 14.2. The van der Waals surface area contributed by atoms with Crippen LogP contribution in [-0.2, 0) is 0 Å². The maximum atomic E-state index is 5.58. The van der Waals surface area contributed by atoms with Gasteiger partial charge in [0.25, 0.3) is 0 Å². The van der Waals surface area contributed by atoms with Gasteiger partial charge in [-0.25, -0.2) is 4.99 Å². The van der Waals surface area contributed by atoms with E-state index in [0.717, 1.165) is 31.3 Å². The van der Waals surface area contributed by atoms with Gasteiger partial charge in [-0.2, -0.15) is 0 Å². The minimum atomic E-state index is 0. The van der Waals surface area contributed by atoms with Crippen LogP contribution in [-0.4, -0.2) is 48.6 Å². The van der Waals surface area contributed by atoms with Crippen LogP contribution in [0.2, 0.25) is 0 Å². The monoisotopic (exact) mass is 390 g/mol. The molecule has 1 aromatic rings. The predicted molar refractivity (Wildman–Crippen MR) is 91.9 cm³/mol. The molecule has 6 heteroatoms. The number of nitrogens with one attached hydrogen (secondary N) is 1. The summed E-state index contributed by atoms with van der Waals surface area (Å²) in [6.45, 7) is 6.45. The van der Waals surface area contributed by atoms with Gasteiger partial charge in [-0.05, 0) is 31.9 Å². The fraction of sp³-hybridized carbons (Fsp3) is 0.571. The molecule has 1 aliphatic rings. The highest BCUT2D eigenvalue weighted by Gasteiger charge is 2.14. The number of nitrogens with zero attached hydrogens (tertiary/aromatic N) is 3. The number of pyridine rings is 1. The summed E-state index contributed by atoms with van der Waals surface area (Å²) in [5, 5.41) is 3.33. The zero-order chi connectivity index (χ0) is 13.3. The third-order valence-corrected chi connectivity index (χ3v) is 3.00. The molecular formula is C14H23IN4O. The van der Waals surface area contributed by atoms with Gasteiger partial charge in [-0.3, -0.25) is 4.98 Å². The number of halogens is 1. The van der Waals surface area contributed by atoms with Crippen molar-refractivity contribution < 1.29 is 4.74 Å². The van der Waals surface area contributed by atoms with Gasteiger partial charge in [0.05, 0.1) is 12.7 Å². The summed E-state index contributed by atoms with van der Waals surface area (Å²) in [6.07, 6.45) is 5.98. The summed E-state index contributed by atoms with van der Waals surface area (Å²) in [7, 11) is 0. The van der Waals surface area contributed by atoms with Crippen LogP contribution in [0.15, 0.2) is 29.5 Å². The number of guanidine groups is 1. The van der Waals surface area contributed by atoms with Crippen LogP contribution in [0.4, 0.5) is 0 Å². The van der Waals surface area contributed by atoms with E-state index in [1.165, 1.54) is 12.8 Å². The van der Waals surface area contributed by atoms with E-state index in [2.05, 4.69) is 27.1 Å². The molecule has 2 heterocycles. The first-order chi connectivity index (χ1) is 9.40. The van der Waals surface area contributed by atoms with Gasteiger partial charge in [0.2, 0.25) is 0 Å². The van der Waals surface area contributed by atoms with Gasteiger partial charge in [0, 0.05) is 25.8 Å². The lowest BCUT2D eigenvalue weighted by Gasteiger charge is -2.20. The Kier molecular flexibility index (Phi) is 8.32. The molecule has 1 aromatic heterocycles. The molecule has 0 bridgehead atoms. The number of rotatable bonds is 5. The van der Waals surface area contributed by atoms with Crippen molar-refractivity contribution in [1.82, 2.24) is 15.2 Å². The topological polar surface area (TPSA) is 49.8 Å².